The highest BCUT2D eigenvalue weighted by atomic mass is 32.2. The van der Waals surface area contributed by atoms with Gasteiger partial charge in [-0.3, -0.25) is 9.69 Å². The minimum Gasteiger partial charge on any atom is -0.468 e. The smallest absolute Gasteiger partial charge is 0.288 e. The molecule has 148 valence electrons. The molecule has 0 aliphatic heterocycles. The molecular formula is C20H20F2N2O2S2. The molecule has 0 atom stereocenters. The Morgan fingerprint density at radius 3 is 2.68 bits per heavy atom. The fourth-order valence-electron chi connectivity index (χ4n) is 2.74. The molecule has 0 aliphatic rings. The van der Waals surface area contributed by atoms with Crippen LogP contribution in [-0.4, -0.2) is 23.1 Å². The summed E-state index contributed by atoms with van der Waals surface area (Å²) in [7, 11) is 0. The van der Waals surface area contributed by atoms with Gasteiger partial charge in [-0.25, -0.2) is 0 Å². The van der Waals surface area contributed by atoms with Crippen LogP contribution in [0.25, 0.3) is 0 Å². The minimum atomic E-state index is -2.55. The molecule has 0 bridgehead atoms. The first-order chi connectivity index (χ1) is 13.5. The molecule has 0 radical (unpaired) electrons. The second-order valence-electron chi connectivity index (χ2n) is 6.16. The molecule has 0 saturated carbocycles. The molecular weight excluding hydrogens is 402 g/mol. The number of hydrogen-bond donors (Lipinski definition) is 1. The molecule has 28 heavy (non-hydrogen) atoms. The Bertz CT molecular complexity index is 897. The third-order valence-corrected chi connectivity index (χ3v) is 5.65. The van der Waals surface area contributed by atoms with Crippen LogP contribution in [0.5, 0.6) is 0 Å². The number of furan rings is 1. The summed E-state index contributed by atoms with van der Waals surface area (Å²) in [5.41, 5.74) is 0.391. The Labute approximate surface area is 170 Å². The first kappa shape index (κ1) is 20.6. The van der Waals surface area contributed by atoms with Gasteiger partial charge < -0.3 is 9.73 Å². The lowest BCUT2D eigenvalue weighted by Crippen LogP contribution is -2.32. The molecule has 1 aromatic carbocycles. The molecule has 2 heterocycles. The molecule has 3 aromatic rings. The molecule has 4 nitrogen and oxygen atoms in total. The van der Waals surface area contributed by atoms with E-state index in [-0.39, 0.29) is 12.5 Å². The van der Waals surface area contributed by atoms with Crippen molar-refractivity contribution in [1.29, 1.82) is 0 Å². The highest BCUT2D eigenvalue weighted by Crippen LogP contribution is 2.31. The summed E-state index contributed by atoms with van der Waals surface area (Å²) >= 11 is 2.10. The summed E-state index contributed by atoms with van der Waals surface area (Å²) in [6, 6.07) is 14.3. The zero-order valence-electron chi connectivity index (χ0n) is 15.2. The topological polar surface area (TPSA) is 45.5 Å². The van der Waals surface area contributed by atoms with Crippen molar-refractivity contribution in [2.75, 3.05) is 11.9 Å². The van der Waals surface area contributed by atoms with Gasteiger partial charge in [0.2, 0.25) is 5.91 Å². The number of rotatable bonds is 9. The second kappa shape index (κ2) is 9.86. The SMILES string of the molecule is Cc1ccc(CN(CC(=O)Nc2ccccc2SC(F)F)Cc2ccco2)s1. The zero-order chi connectivity index (χ0) is 19.9. The van der Waals surface area contributed by atoms with Gasteiger partial charge in [0, 0.05) is 21.2 Å². The van der Waals surface area contributed by atoms with E-state index in [1.54, 1.807) is 47.9 Å². The monoisotopic (exact) mass is 422 g/mol. The van der Waals surface area contributed by atoms with Gasteiger partial charge in [0.25, 0.3) is 5.76 Å². The van der Waals surface area contributed by atoms with E-state index in [0.29, 0.717) is 35.4 Å². The molecule has 0 spiro atoms. The lowest BCUT2D eigenvalue weighted by Gasteiger charge is -2.20. The Kier molecular flexibility index (Phi) is 7.24. The number of anilines is 1. The number of amides is 1. The fourth-order valence-corrected chi connectivity index (χ4v) is 4.27. The highest BCUT2D eigenvalue weighted by molar-refractivity contribution is 7.99. The number of hydrogen-bond acceptors (Lipinski definition) is 5. The molecule has 2 aromatic heterocycles. The number of aryl methyl sites for hydroxylation is 1. The van der Waals surface area contributed by atoms with Crippen LogP contribution in [0, 0.1) is 6.92 Å². The predicted octanol–water partition coefficient (Wildman–Crippen LogP) is 5.61. The maximum Gasteiger partial charge on any atom is 0.288 e. The standard InChI is InChI=1S/C20H20F2N2O2S2/c1-14-8-9-16(27-14)12-24(11-15-5-4-10-26-15)13-19(25)23-17-6-2-3-7-18(17)28-20(21)22/h2-10,20H,11-13H2,1H3,(H,23,25). The molecule has 0 unspecified atom stereocenters. The first-order valence-corrected chi connectivity index (χ1v) is 10.3. The van der Waals surface area contributed by atoms with E-state index in [1.807, 2.05) is 30.0 Å². The van der Waals surface area contributed by atoms with E-state index in [1.165, 1.54) is 4.88 Å². The Morgan fingerprint density at radius 1 is 1.18 bits per heavy atom. The van der Waals surface area contributed by atoms with Gasteiger partial charge >= 0.3 is 0 Å². The molecule has 3 rings (SSSR count). The predicted molar refractivity (Wildman–Crippen MR) is 109 cm³/mol. The van der Waals surface area contributed by atoms with Crippen LogP contribution in [0.15, 0.2) is 64.1 Å². The van der Waals surface area contributed by atoms with Gasteiger partial charge in [0.15, 0.2) is 0 Å². The summed E-state index contributed by atoms with van der Waals surface area (Å²) in [5.74, 6) is -2.05. The largest absolute Gasteiger partial charge is 0.468 e. The summed E-state index contributed by atoms with van der Waals surface area (Å²) in [4.78, 5) is 17.3. The fraction of sp³-hybridized carbons (Fsp3) is 0.250. The number of carbonyl (C=O) groups is 1. The molecule has 0 aliphatic carbocycles. The van der Waals surface area contributed by atoms with Crippen LogP contribution in [0.3, 0.4) is 0 Å². The van der Waals surface area contributed by atoms with Crippen molar-refractivity contribution in [2.24, 2.45) is 0 Å². The van der Waals surface area contributed by atoms with Crippen molar-refractivity contribution in [2.45, 2.75) is 30.7 Å². The van der Waals surface area contributed by atoms with Gasteiger partial charge in [0.1, 0.15) is 5.76 Å². The molecule has 1 amide bonds. The van der Waals surface area contributed by atoms with Crippen LogP contribution in [0.2, 0.25) is 0 Å². The summed E-state index contributed by atoms with van der Waals surface area (Å²) in [6.45, 7) is 3.23. The van der Waals surface area contributed by atoms with Gasteiger partial charge in [0.05, 0.1) is 25.0 Å². The second-order valence-corrected chi connectivity index (χ2v) is 8.56. The quantitative estimate of drug-likeness (QED) is 0.456. The van der Waals surface area contributed by atoms with Crippen molar-refractivity contribution >= 4 is 34.7 Å². The average molecular weight is 423 g/mol. The van der Waals surface area contributed by atoms with Crippen molar-refractivity contribution in [3.05, 3.63) is 70.3 Å². The first-order valence-electron chi connectivity index (χ1n) is 8.63. The summed E-state index contributed by atoms with van der Waals surface area (Å²) in [6.07, 6.45) is 1.60. The molecule has 0 saturated heterocycles. The van der Waals surface area contributed by atoms with Crippen LogP contribution < -0.4 is 5.32 Å². The molecule has 8 heteroatoms. The summed E-state index contributed by atoms with van der Waals surface area (Å²) in [5, 5.41) is 2.75. The van der Waals surface area contributed by atoms with Gasteiger partial charge in [-0.1, -0.05) is 23.9 Å². The van der Waals surface area contributed by atoms with Gasteiger partial charge in [-0.05, 0) is 43.3 Å². The number of carbonyl (C=O) groups excluding carboxylic acids is 1. The number of benzene rings is 1. The van der Waals surface area contributed by atoms with E-state index < -0.39 is 5.76 Å². The highest BCUT2D eigenvalue weighted by Gasteiger charge is 2.16. The van der Waals surface area contributed by atoms with E-state index in [9.17, 15) is 13.6 Å². The van der Waals surface area contributed by atoms with Gasteiger partial charge in [-0.15, -0.1) is 11.3 Å². The number of thioether (sulfide) groups is 1. The lowest BCUT2D eigenvalue weighted by molar-refractivity contribution is -0.117. The van der Waals surface area contributed by atoms with Crippen molar-refractivity contribution in [1.82, 2.24) is 4.90 Å². The maximum absolute atomic E-state index is 12.7. The third-order valence-electron chi connectivity index (χ3n) is 3.88. The Hall–Kier alpha value is -2.16. The van der Waals surface area contributed by atoms with E-state index >= 15 is 0 Å². The van der Waals surface area contributed by atoms with E-state index in [4.69, 9.17) is 4.42 Å². The molecule has 1 N–H and O–H groups in total. The van der Waals surface area contributed by atoms with Crippen molar-refractivity contribution in [3.63, 3.8) is 0 Å². The summed E-state index contributed by atoms with van der Waals surface area (Å²) < 4.78 is 30.9. The van der Waals surface area contributed by atoms with Crippen molar-refractivity contribution < 1.29 is 18.0 Å². The van der Waals surface area contributed by atoms with E-state index in [0.717, 1.165) is 10.6 Å². The maximum atomic E-state index is 12.7. The number of halogens is 2. The molecule has 0 fully saturated rings. The minimum absolute atomic E-state index is 0.116. The zero-order valence-corrected chi connectivity index (χ0v) is 16.9. The third kappa shape index (κ3) is 6.19. The number of thiophene rings is 1. The number of alkyl halides is 2. The Morgan fingerprint density at radius 2 is 2.00 bits per heavy atom. The van der Waals surface area contributed by atoms with Gasteiger partial charge in [-0.2, -0.15) is 8.78 Å². The van der Waals surface area contributed by atoms with E-state index in [2.05, 4.69) is 5.32 Å². The number of nitrogens with zero attached hydrogens (tertiary/aromatic N) is 1. The average Bonchev–Trinajstić information content (AvgIpc) is 3.28. The number of nitrogens with one attached hydrogen (secondary N) is 1. The normalized spacial score (nSPS) is 11.3. The van der Waals surface area contributed by atoms with Crippen LogP contribution in [-0.2, 0) is 17.9 Å². The lowest BCUT2D eigenvalue weighted by atomic mass is 10.3. The van der Waals surface area contributed by atoms with Crippen molar-refractivity contribution in [3.8, 4) is 0 Å². The van der Waals surface area contributed by atoms with Crippen LogP contribution in [0.1, 0.15) is 15.5 Å². The van der Waals surface area contributed by atoms with Crippen LogP contribution >= 0.6 is 23.1 Å². The Balaban J connectivity index is 1.68. The number of para-hydroxylation sites is 1. The van der Waals surface area contributed by atoms with Crippen LogP contribution in [0.4, 0.5) is 14.5 Å².